The van der Waals surface area contributed by atoms with Gasteiger partial charge in [-0.3, -0.25) is 4.79 Å². The highest BCUT2D eigenvalue weighted by Gasteiger charge is 2.33. The molecule has 1 aliphatic heterocycles. The molecule has 0 unspecified atom stereocenters. The molecule has 0 spiro atoms. The number of amides is 1. The van der Waals surface area contributed by atoms with Crippen molar-refractivity contribution in [2.24, 2.45) is 0 Å². The normalized spacial score (nSPS) is 20.0. The van der Waals surface area contributed by atoms with Crippen molar-refractivity contribution < 1.29 is 27.4 Å². The molecule has 0 radical (unpaired) electrons. The lowest BCUT2D eigenvalue weighted by Crippen LogP contribution is -2.38. The van der Waals surface area contributed by atoms with Crippen LogP contribution in [-0.2, 0) is 15.7 Å². The van der Waals surface area contributed by atoms with Crippen LogP contribution in [0.15, 0.2) is 18.2 Å². The minimum Gasteiger partial charge on any atom is -0.496 e. The van der Waals surface area contributed by atoms with Gasteiger partial charge in [-0.25, -0.2) is 0 Å². The third-order valence-electron chi connectivity index (χ3n) is 2.80. The molecule has 1 N–H and O–H groups in total. The van der Waals surface area contributed by atoms with Crippen LogP contribution in [0.1, 0.15) is 17.2 Å². The maximum Gasteiger partial charge on any atom is 0.416 e. The van der Waals surface area contributed by atoms with Gasteiger partial charge in [0.25, 0.3) is 0 Å². The molecule has 2 rings (SSSR count). The van der Waals surface area contributed by atoms with E-state index in [4.69, 9.17) is 9.47 Å². The molecule has 1 fully saturated rings. The van der Waals surface area contributed by atoms with Crippen molar-refractivity contribution in [2.45, 2.75) is 12.3 Å². The Morgan fingerprint density at radius 3 is 2.68 bits per heavy atom. The fourth-order valence-electron chi connectivity index (χ4n) is 1.85. The highest BCUT2D eigenvalue weighted by atomic mass is 19.4. The number of benzene rings is 1. The molecule has 1 aromatic carbocycles. The molecule has 1 aliphatic rings. The first kappa shape index (κ1) is 13.7. The van der Waals surface area contributed by atoms with Gasteiger partial charge in [-0.05, 0) is 18.2 Å². The lowest BCUT2D eigenvalue weighted by atomic mass is 10.0. The number of alkyl halides is 3. The predicted molar refractivity (Wildman–Crippen MR) is 59.7 cm³/mol. The Morgan fingerprint density at radius 1 is 1.42 bits per heavy atom. The summed E-state index contributed by atoms with van der Waals surface area (Å²) in [5.74, 6) is 0.0105. The first-order valence-corrected chi connectivity index (χ1v) is 5.55. The van der Waals surface area contributed by atoms with E-state index in [2.05, 4.69) is 5.32 Å². The topological polar surface area (TPSA) is 47.6 Å². The third kappa shape index (κ3) is 2.98. The highest BCUT2D eigenvalue weighted by molar-refractivity contribution is 5.77. The molecule has 7 heteroatoms. The quantitative estimate of drug-likeness (QED) is 0.896. The van der Waals surface area contributed by atoms with Gasteiger partial charge in [-0.15, -0.1) is 0 Å². The van der Waals surface area contributed by atoms with E-state index in [1.165, 1.54) is 13.2 Å². The van der Waals surface area contributed by atoms with Gasteiger partial charge in [-0.2, -0.15) is 13.2 Å². The first-order valence-electron chi connectivity index (χ1n) is 5.55. The van der Waals surface area contributed by atoms with Gasteiger partial charge in [0.2, 0.25) is 5.91 Å². The number of hydrogen-bond donors (Lipinski definition) is 1. The van der Waals surface area contributed by atoms with Crippen LogP contribution in [0, 0.1) is 0 Å². The van der Waals surface area contributed by atoms with Crippen LogP contribution in [0.25, 0.3) is 0 Å². The van der Waals surface area contributed by atoms with E-state index < -0.39 is 17.8 Å². The average Bonchev–Trinajstić information content (AvgIpc) is 2.38. The van der Waals surface area contributed by atoms with Crippen molar-refractivity contribution in [1.29, 1.82) is 0 Å². The van der Waals surface area contributed by atoms with Gasteiger partial charge >= 0.3 is 6.18 Å². The minimum absolute atomic E-state index is 0.122. The summed E-state index contributed by atoms with van der Waals surface area (Å²) in [5.41, 5.74) is -0.499. The Labute approximate surface area is 107 Å². The SMILES string of the molecule is COc1ccc(C(F)(F)F)cc1[C@@H]1CNC(=O)CO1. The summed E-state index contributed by atoms with van der Waals surface area (Å²) in [4.78, 5) is 11.0. The number of nitrogens with one attached hydrogen (secondary N) is 1. The monoisotopic (exact) mass is 275 g/mol. The van der Waals surface area contributed by atoms with Gasteiger partial charge in [0.05, 0.1) is 12.7 Å². The zero-order valence-electron chi connectivity index (χ0n) is 10.1. The molecular formula is C12H12F3NO3. The van der Waals surface area contributed by atoms with E-state index >= 15 is 0 Å². The van der Waals surface area contributed by atoms with Gasteiger partial charge in [0.15, 0.2) is 0 Å². The zero-order chi connectivity index (χ0) is 14.0. The molecule has 1 amide bonds. The molecule has 19 heavy (non-hydrogen) atoms. The summed E-state index contributed by atoms with van der Waals surface area (Å²) >= 11 is 0. The van der Waals surface area contributed by atoms with Gasteiger partial charge in [0.1, 0.15) is 18.5 Å². The lowest BCUT2D eigenvalue weighted by molar-refractivity contribution is -0.138. The van der Waals surface area contributed by atoms with Crippen molar-refractivity contribution in [3.05, 3.63) is 29.3 Å². The standard InChI is InChI=1S/C12H12F3NO3/c1-18-9-3-2-7(12(13,14)15)4-8(9)10-5-16-11(17)6-19-10/h2-4,10H,5-6H2,1H3,(H,16,17)/t10-/m0/s1. The van der Waals surface area contributed by atoms with E-state index in [1.807, 2.05) is 0 Å². The summed E-state index contributed by atoms with van der Waals surface area (Å²) in [6.45, 7) is -0.0550. The molecule has 0 aromatic heterocycles. The second-order valence-electron chi connectivity index (χ2n) is 4.06. The highest BCUT2D eigenvalue weighted by Crippen LogP contribution is 2.36. The Hall–Kier alpha value is -1.76. The number of methoxy groups -OCH3 is 1. The van der Waals surface area contributed by atoms with Crippen LogP contribution in [0.5, 0.6) is 5.75 Å². The van der Waals surface area contributed by atoms with Crippen LogP contribution in [0.4, 0.5) is 13.2 Å². The van der Waals surface area contributed by atoms with Gasteiger partial charge in [-0.1, -0.05) is 0 Å². The molecule has 4 nitrogen and oxygen atoms in total. The fourth-order valence-corrected chi connectivity index (χ4v) is 1.85. The molecule has 1 atom stereocenters. The van der Waals surface area contributed by atoms with Crippen molar-refractivity contribution in [2.75, 3.05) is 20.3 Å². The molecule has 0 saturated carbocycles. The maximum absolute atomic E-state index is 12.7. The first-order chi connectivity index (χ1) is 8.91. The van der Waals surface area contributed by atoms with E-state index in [1.54, 1.807) is 0 Å². The fraction of sp³-hybridized carbons (Fsp3) is 0.417. The van der Waals surface area contributed by atoms with Crippen LogP contribution in [0.3, 0.4) is 0 Å². The van der Waals surface area contributed by atoms with Crippen molar-refractivity contribution in [1.82, 2.24) is 5.32 Å². The van der Waals surface area contributed by atoms with Crippen LogP contribution in [0.2, 0.25) is 0 Å². The van der Waals surface area contributed by atoms with Gasteiger partial charge < -0.3 is 14.8 Å². The number of morpholine rings is 1. The predicted octanol–water partition coefficient (Wildman–Crippen LogP) is 1.90. The molecule has 0 bridgehead atoms. The Morgan fingerprint density at radius 2 is 2.16 bits per heavy atom. The number of rotatable bonds is 2. The molecule has 1 heterocycles. The second kappa shape index (κ2) is 5.08. The summed E-state index contributed by atoms with van der Waals surface area (Å²) < 4.78 is 48.3. The molecular weight excluding hydrogens is 263 g/mol. The van der Waals surface area contributed by atoms with E-state index in [0.29, 0.717) is 5.75 Å². The largest absolute Gasteiger partial charge is 0.496 e. The van der Waals surface area contributed by atoms with E-state index in [9.17, 15) is 18.0 Å². The summed E-state index contributed by atoms with van der Waals surface area (Å²) in [7, 11) is 1.37. The number of carbonyl (C=O) groups is 1. The number of carbonyl (C=O) groups excluding carboxylic acids is 1. The van der Waals surface area contributed by atoms with Crippen molar-refractivity contribution in [3.63, 3.8) is 0 Å². The second-order valence-corrected chi connectivity index (χ2v) is 4.06. The van der Waals surface area contributed by atoms with E-state index in [0.717, 1.165) is 12.1 Å². The smallest absolute Gasteiger partial charge is 0.416 e. The molecule has 1 saturated heterocycles. The zero-order valence-corrected chi connectivity index (χ0v) is 10.1. The van der Waals surface area contributed by atoms with Crippen molar-refractivity contribution in [3.8, 4) is 5.75 Å². The Balaban J connectivity index is 2.33. The maximum atomic E-state index is 12.7. The summed E-state index contributed by atoms with van der Waals surface area (Å²) in [5, 5.41) is 2.54. The third-order valence-corrected chi connectivity index (χ3v) is 2.80. The average molecular weight is 275 g/mol. The van der Waals surface area contributed by atoms with Crippen LogP contribution < -0.4 is 10.1 Å². The van der Waals surface area contributed by atoms with Crippen molar-refractivity contribution >= 4 is 5.91 Å². The summed E-state index contributed by atoms with van der Waals surface area (Å²) in [6, 6.07) is 3.18. The molecule has 1 aromatic rings. The number of hydrogen-bond acceptors (Lipinski definition) is 3. The minimum atomic E-state index is -4.43. The Kier molecular flexibility index (Phi) is 3.66. The van der Waals surface area contributed by atoms with Gasteiger partial charge in [0, 0.05) is 12.1 Å². The van der Waals surface area contributed by atoms with Crippen LogP contribution in [-0.4, -0.2) is 26.2 Å². The van der Waals surface area contributed by atoms with E-state index in [-0.39, 0.29) is 24.6 Å². The number of halogens is 3. The molecule has 0 aliphatic carbocycles. The number of ether oxygens (including phenoxy) is 2. The van der Waals surface area contributed by atoms with Crippen LogP contribution >= 0.6 is 0 Å². The molecule has 104 valence electrons. The summed E-state index contributed by atoms with van der Waals surface area (Å²) in [6.07, 6.45) is -5.08. The Bertz CT molecular complexity index is 478. The lowest BCUT2D eigenvalue weighted by Gasteiger charge is -2.25.